The molecule has 1 unspecified atom stereocenters. The number of hydrogen-bond donors (Lipinski definition) is 1. The highest BCUT2D eigenvalue weighted by molar-refractivity contribution is 7.99. The van der Waals surface area contributed by atoms with Crippen LogP contribution >= 0.6 is 11.8 Å². The molecule has 0 aliphatic carbocycles. The van der Waals surface area contributed by atoms with E-state index in [9.17, 15) is 4.79 Å². The van der Waals surface area contributed by atoms with E-state index in [2.05, 4.69) is 0 Å². The van der Waals surface area contributed by atoms with E-state index in [-0.39, 0.29) is 18.4 Å². The Morgan fingerprint density at radius 1 is 1.58 bits per heavy atom. The maximum atomic E-state index is 11.3. The van der Waals surface area contributed by atoms with Gasteiger partial charge in [-0.2, -0.15) is 11.8 Å². The fourth-order valence-corrected chi connectivity index (χ4v) is 1.63. The summed E-state index contributed by atoms with van der Waals surface area (Å²) in [5.41, 5.74) is 0. The average Bonchev–Trinajstić information content (AvgIpc) is 2.03. The zero-order chi connectivity index (χ0) is 9.56. The first-order chi connectivity index (χ1) is 5.59. The third-order valence-corrected chi connectivity index (χ3v) is 2.67. The van der Waals surface area contributed by atoms with Crippen molar-refractivity contribution < 1.29 is 9.90 Å². The lowest BCUT2D eigenvalue weighted by Crippen LogP contribution is -2.29. The largest absolute Gasteiger partial charge is 0.396 e. The Balaban J connectivity index is 3.57. The molecular formula is C8H17NO2S. The van der Waals surface area contributed by atoms with Crippen LogP contribution in [0.3, 0.4) is 0 Å². The van der Waals surface area contributed by atoms with Gasteiger partial charge in [0.05, 0.1) is 6.61 Å². The molecule has 0 aromatic heterocycles. The number of rotatable bonds is 5. The molecule has 0 spiro atoms. The molecule has 1 amide bonds. The first-order valence-corrected chi connectivity index (χ1v) is 5.14. The van der Waals surface area contributed by atoms with E-state index in [0.717, 1.165) is 5.75 Å². The highest BCUT2D eigenvalue weighted by Crippen LogP contribution is 2.09. The molecule has 0 aromatic rings. The van der Waals surface area contributed by atoms with Crippen LogP contribution in [0, 0.1) is 5.92 Å². The second-order valence-corrected chi connectivity index (χ2v) is 4.08. The summed E-state index contributed by atoms with van der Waals surface area (Å²) >= 11 is 1.61. The van der Waals surface area contributed by atoms with Crippen LogP contribution < -0.4 is 0 Å². The molecule has 0 saturated heterocycles. The monoisotopic (exact) mass is 191 g/mol. The number of nitrogens with zero attached hydrogens (tertiary/aromatic N) is 1. The Kier molecular flexibility index (Phi) is 6.20. The van der Waals surface area contributed by atoms with Crippen molar-refractivity contribution in [2.45, 2.75) is 6.92 Å². The minimum absolute atomic E-state index is 0.0524. The second kappa shape index (κ2) is 6.31. The zero-order valence-corrected chi connectivity index (χ0v) is 8.73. The van der Waals surface area contributed by atoms with Crippen molar-refractivity contribution in [3.8, 4) is 0 Å². The predicted octanol–water partition coefficient (Wildman–Crippen LogP) is 0.436. The van der Waals surface area contributed by atoms with Crippen molar-refractivity contribution in [1.82, 2.24) is 4.90 Å². The first-order valence-electron chi connectivity index (χ1n) is 3.99. The van der Waals surface area contributed by atoms with Crippen molar-refractivity contribution in [2.24, 2.45) is 5.92 Å². The predicted molar refractivity (Wildman–Crippen MR) is 52.3 cm³/mol. The number of carbonyl (C=O) groups excluding carboxylic acids is 1. The van der Waals surface area contributed by atoms with Crippen LogP contribution in [0.15, 0.2) is 0 Å². The number of aliphatic hydroxyl groups excluding tert-OH is 1. The van der Waals surface area contributed by atoms with Gasteiger partial charge in [0.25, 0.3) is 0 Å². The molecule has 0 aromatic carbocycles. The summed E-state index contributed by atoms with van der Waals surface area (Å²) in [6.07, 6.45) is 0. The summed E-state index contributed by atoms with van der Waals surface area (Å²) in [6.45, 7) is 2.10. The van der Waals surface area contributed by atoms with Gasteiger partial charge in [0.2, 0.25) is 5.91 Å². The maximum absolute atomic E-state index is 11.3. The summed E-state index contributed by atoms with van der Waals surface area (Å²) in [7, 11) is 3.52. The number of aliphatic hydroxyl groups is 1. The first kappa shape index (κ1) is 11.8. The van der Waals surface area contributed by atoms with Gasteiger partial charge in [-0.15, -0.1) is 0 Å². The van der Waals surface area contributed by atoms with Gasteiger partial charge in [0.15, 0.2) is 0 Å². The average molecular weight is 191 g/mol. The Morgan fingerprint density at radius 3 is 2.58 bits per heavy atom. The van der Waals surface area contributed by atoms with Crippen LogP contribution in [0.4, 0.5) is 0 Å². The maximum Gasteiger partial charge on any atom is 0.225 e. The van der Waals surface area contributed by atoms with E-state index in [1.54, 1.807) is 30.8 Å². The van der Waals surface area contributed by atoms with Crippen LogP contribution in [0.2, 0.25) is 0 Å². The molecule has 12 heavy (non-hydrogen) atoms. The van der Waals surface area contributed by atoms with Gasteiger partial charge in [-0.3, -0.25) is 4.79 Å². The molecule has 1 N–H and O–H groups in total. The molecule has 0 aliphatic heterocycles. The smallest absolute Gasteiger partial charge is 0.225 e. The Hall–Kier alpha value is -0.220. The summed E-state index contributed by atoms with van der Waals surface area (Å²) in [4.78, 5) is 12.9. The summed E-state index contributed by atoms with van der Waals surface area (Å²) in [5.74, 6) is 1.71. The lowest BCUT2D eigenvalue weighted by atomic mass is 10.2. The second-order valence-electron chi connectivity index (χ2n) is 2.93. The van der Waals surface area contributed by atoms with Crippen LogP contribution in [0.25, 0.3) is 0 Å². The van der Waals surface area contributed by atoms with Crippen molar-refractivity contribution in [2.75, 3.05) is 32.2 Å². The number of hydrogen-bond acceptors (Lipinski definition) is 3. The normalized spacial score (nSPS) is 12.7. The van der Waals surface area contributed by atoms with E-state index < -0.39 is 0 Å². The summed E-state index contributed by atoms with van der Waals surface area (Å²) < 4.78 is 0. The van der Waals surface area contributed by atoms with Gasteiger partial charge in [-0.1, -0.05) is 6.92 Å². The fraction of sp³-hybridized carbons (Fsp3) is 0.875. The molecule has 0 heterocycles. The molecule has 0 radical (unpaired) electrons. The van der Waals surface area contributed by atoms with Crippen LogP contribution in [0.5, 0.6) is 0 Å². The van der Waals surface area contributed by atoms with Crippen LogP contribution in [-0.2, 0) is 4.79 Å². The Labute approximate surface area is 78.1 Å². The third kappa shape index (κ3) is 4.62. The van der Waals surface area contributed by atoms with Crippen LogP contribution in [0.1, 0.15) is 6.92 Å². The minimum Gasteiger partial charge on any atom is -0.396 e. The Morgan fingerprint density at radius 2 is 2.17 bits per heavy atom. The van der Waals surface area contributed by atoms with Crippen molar-refractivity contribution >= 4 is 17.7 Å². The zero-order valence-electron chi connectivity index (χ0n) is 7.91. The van der Waals surface area contributed by atoms with Gasteiger partial charge < -0.3 is 10.0 Å². The van der Waals surface area contributed by atoms with E-state index in [4.69, 9.17) is 5.11 Å². The third-order valence-electron chi connectivity index (χ3n) is 1.47. The molecule has 3 nitrogen and oxygen atoms in total. The SMILES string of the molecule is CC(CSCCO)C(=O)N(C)C. The lowest BCUT2D eigenvalue weighted by Gasteiger charge is -2.15. The van der Waals surface area contributed by atoms with Gasteiger partial charge in [-0.25, -0.2) is 0 Å². The number of carbonyl (C=O) groups is 1. The van der Waals surface area contributed by atoms with Gasteiger partial charge in [0.1, 0.15) is 0 Å². The van der Waals surface area contributed by atoms with E-state index in [1.807, 2.05) is 6.92 Å². The molecule has 0 bridgehead atoms. The Bertz CT molecular complexity index is 139. The van der Waals surface area contributed by atoms with Gasteiger partial charge in [0, 0.05) is 31.5 Å². The lowest BCUT2D eigenvalue weighted by molar-refractivity contribution is -0.131. The molecule has 0 fully saturated rings. The van der Waals surface area contributed by atoms with Crippen molar-refractivity contribution in [3.63, 3.8) is 0 Å². The quantitative estimate of drug-likeness (QED) is 0.641. The molecule has 0 aliphatic rings. The molecule has 0 rings (SSSR count). The van der Waals surface area contributed by atoms with Crippen molar-refractivity contribution in [3.05, 3.63) is 0 Å². The van der Waals surface area contributed by atoms with E-state index in [1.165, 1.54) is 0 Å². The highest BCUT2D eigenvalue weighted by Gasteiger charge is 2.13. The van der Waals surface area contributed by atoms with Gasteiger partial charge >= 0.3 is 0 Å². The van der Waals surface area contributed by atoms with E-state index in [0.29, 0.717) is 5.75 Å². The van der Waals surface area contributed by atoms with E-state index >= 15 is 0 Å². The summed E-state index contributed by atoms with van der Waals surface area (Å²) in [5, 5.41) is 8.51. The molecule has 0 saturated carbocycles. The molecule has 4 heteroatoms. The van der Waals surface area contributed by atoms with Crippen LogP contribution in [-0.4, -0.2) is 48.1 Å². The van der Waals surface area contributed by atoms with Crippen molar-refractivity contribution in [1.29, 1.82) is 0 Å². The standard InChI is InChI=1S/C8H17NO2S/c1-7(6-12-5-4-10)8(11)9(2)3/h7,10H,4-6H2,1-3H3. The molecule has 1 atom stereocenters. The van der Waals surface area contributed by atoms with Gasteiger partial charge in [-0.05, 0) is 0 Å². The topological polar surface area (TPSA) is 40.5 Å². The summed E-state index contributed by atoms with van der Waals surface area (Å²) in [6, 6.07) is 0. The molecular weight excluding hydrogens is 174 g/mol. The minimum atomic E-state index is 0.0524. The number of thioether (sulfide) groups is 1. The molecule has 72 valence electrons. The number of amides is 1. The highest BCUT2D eigenvalue weighted by atomic mass is 32.2. The fourth-order valence-electron chi connectivity index (χ4n) is 0.837.